The normalized spacial score (nSPS) is 15.2. The van der Waals surface area contributed by atoms with Crippen molar-refractivity contribution >= 4 is 23.2 Å². The quantitative estimate of drug-likeness (QED) is 0.700. The molecule has 1 aromatic rings. The number of hydrogen-bond acceptors (Lipinski definition) is 4. The number of piperidine rings is 1. The minimum Gasteiger partial charge on any atom is -0.338 e. The molecule has 2 rings (SSSR count). The predicted molar refractivity (Wildman–Crippen MR) is 63.5 cm³/mol. The van der Waals surface area contributed by atoms with Gasteiger partial charge in [-0.2, -0.15) is 0 Å². The fraction of sp³-hybridized carbons (Fsp3) is 0.364. The van der Waals surface area contributed by atoms with Gasteiger partial charge in [0, 0.05) is 31.3 Å². The Hall–Kier alpha value is -1.49. The zero-order valence-electron chi connectivity index (χ0n) is 9.02. The summed E-state index contributed by atoms with van der Waals surface area (Å²) >= 11 is 1.27. The second-order valence-corrected chi connectivity index (χ2v) is 3.90. The number of likely N-dealkylation sites (tertiary alicyclic amines) is 1. The molecular formula is C11H14N2O2S. The maximum atomic E-state index is 11.7. The van der Waals surface area contributed by atoms with E-state index in [1.54, 1.807) is 16.5 Å². The molecule has 1 amide bonds. The first-order valence-corrected chi connectivity index (χ1v) is 5.81. The van der Waals surface area contributed by atoms with Crippen molar-refractivity contribution in [3.63, 3.8) is 0 Å². The summed E-state index contributed by atoms with van der Waals surface area (Å²) in [6, 6.07) is 0. The maximum Gasteiger partial charge on any atom is 0.256 e. The first-order valence-electron chi connectivity index (χ1n) is 4.98. The third-order valence-corrected chi connectivity index (χ3v) is 2.87. The molecule has 16 heavy (non-hydrogen) atoms. The SMILES string of the molecule is C=C.O=C1CCN(C(=O)c2cnsc2)CC1. The highest BCUT2D eigenvalue weighted by Crippen LogP contribution is 2.11. The van der Waals surface area contributed by atoms with Crippen molar-refractivity contribution in [1.82, 2.24) is 9.27 Å². The monoisotopic (exact) mass is 238 g/mol. The Morgan fingerprint density at radius 2 is 2.00 bits per heavy atom. The van der Waals surface area contributed by atoms with Gasteiger partial charge in [0.1, 0.15) is 5.78 Å². The van der Waals surface area contributed by atoms with Gasteiger partial charge in [0.2, 0.25) is 0 Å². The molecule has 0 aliphatic carbocycles. The number of amides is 1. The van der Waals surface area contributed by atoms with Crippen molar-refractivity contribution < 1.29 is 9.59 Å². The molecule has 5 heteroatoms. The van der Waals surface area contributed by atoms with Crippen molar-refractivity contribution in [1.29, 1.82) is 0 Å². The molecule has 0 radical (unpaired) electrons. The molecule has 86 valence electrons. The van der Waals surface area contributed by atoms with Crippen LogP contribution in [-0.4, -0.2) is 34.1 Å². The molecule has 1 saturated heterocycles. The standard InChI is InChI=1S/C9H10N2O2S.C2H4/c12-8-1-3-11(4-2-8)9(13)7-5-10-14-6-7;1-2/h5-6H,1-4H2;1-2H2. The van der Waals surface area contributed by atoms with Gasteiger partial charge in [-0.3, -0.25) is 9.59 Å². The molecule has 1 aliphatic rings. The summed E-state index contributed by atoms with van der Waals surface area (Å²) in [6.45, 7) is 7.10. The summed E-state index contributed by atoms with van der Waals surface area (Å²) in [7, 11) is 0. The van der Waals surface area contributed by atoms with Crippen LogP contribution in [0.4, 0.5) is 0 Å². The summed E-state index contributed by atoms with van der Waals surface area (Å²) in [4.78, 5) is 24.4. The highest BCUT2D eigenvalue weighted by molar-refractivity contribution is 7.03. The zero-order chi connectivity index (χ0) is 12.0. The van der Waals surface area contributed by atoms with E-state index in [0.717, 1.165) is 0 Å². The third-order valence-electron chi connectivity index (χ3n) is 2.29. The molecule has 0 N–H and O–H groups in total. The van der Waals surface area contributed by atoms with Gasteiger partial charge in [0.05, 0.1) is 11.8 Å². The molecule has 0 atom stereocenters. The van der Waals surface area contributed by atoms with Gasteiger partial charge in [-0.05, 0) is 11.5 Å². The van der Waals surface area contributed by atoms with Crippen molar-refractivity contribution in [2.45, 2.75) is 12.8 Å². The van der Waals surface area contributed by atoms with E-state index in [4.69, 9.17) is 0 Å². The van der Waals surface area contributed by atoms with Crippen LogP contribution < -0.4 is 0 Å². The third kappa shape index (κ3) is 3.00. The Labute approximate surface area is 98.7 Å². The molecule has 0 bridgehead atoms. The van der Waals surface area contributed by atoms with Gasteiger partial charge in [0.15, 0.2) is 0 Å². The van der Waals surface area contributed by atoms with Gasteiger partial charge in [-0.25, -0.2) is 4.37 Å². The number of Topliss-reactive ketones (excluding diaryl/α,β-unsaturated/α-hetero) is 1. The minimum absolute atomic E-state index is 0.00810. The van der Waals surface area contributed by atoms with E-state index in [9.17, 15) is 9.59 Å². The van der Waals surface area contributed by atoms with Gasteiger partial charge in [0.25, 0.3) is 5.91 Å². The minimum atomic E-state index is -0.00810. The van der Waals surface area contributed by atoms with Crippen LogP contribution in [0.1, 0.15) is 23.2 Å². The lowest BCUT2D eigenvalue weighted by Gasteiger charge is -2.25. The predicted octanol–water partition coefficient (Wildman–Crippen LogP) is 1.75. The average molecular weight is 238 g/mol. The Balaban J connectivity index is 0.000000606. The molecule has 0 saturated carbocycles. The summed E-state index contributed by atoms with van der Waals surface area (Å²) in [5.41, 5.74) is 0.629. The molecule has 1 fully saturated rings. The van der Waals surface area contributed by atoms with Crippen LogP contribution in [-0.2, 0) is 4.79 Å². The van der Waals surface area contributed by atoms with Crippen molar-refractivity contribution in [3.05, 3.63) is 30.3 Å². The van der Waals surface area contributed by atoms with E-state index in [2.05, 4.69) is 17.5 Å². The second-order valence-electron chi connectivity index (χ2n) is 3.24. The van der Waals surface area contributed by atoms with Crippen LogP contribution in [0.2, 0.25) is 0 Å². The summed E-state index contributed by atoms with van der Waals surface area (Å²) in [6.07, 6.45) is 2.55. The molecular weight excluding hydrogens is 224 g/mol. The highest BCUT2D eigenvalue weighted by atomic mass is 32.1. The van der Waals surface area contributed by atoms with Crippen LogP contribution in [0, 0.1) is 0 Å². The summed E-state index contributed by atoms with van der Waals surface area (Å²) in [5, 5.41) is 1.73. The number of ketones is 1. The van der Waals surface area contributed by atoms with E-state index >= 15 is 0 Å². The van der Waals surface area contributed by atoms with E-state index in [1.807, 2.05) is 0 Å². The van der Waals surface area contributed by atoms with Crippen LogP contribution in [0.5, 0.6) is 0 Å². The van der Waals surface area contributed by atoms with Crippen molar-refractivity contribution in [2.24, 2.45) is 0 Å². The molecule has 1 aliphatic heterocycles. The Morgan fingerprint density at radius 3 is 2.50 bits per heavy atom. The average Bonchev–Trinajstić information content (AvgIpc) is 2.85. The lowest BCUT2D eigenvalue weighted by molar-refractivity contribution is -0.120. The zero-order valence-corrected chi connectivity index (χ0v) is 9.83. The fourth-order valence-electron chi connectivity index (χ4n) is 1.45. The summed E-state index contributed by atoms with van der Waals surface area (Å²) in [5.74, 6) is 0.240. The van der Waals surface area contributed by atoms with Crippen LogP contribution >= 0.6 is 11.5 Å². The highest BCUT2D eigenvalue weighted by Gasteiger charge is 2.21. The van der Waals surface area contributed by atoms with Crippen molar-refractivity contribution in [2.75, 3.05) is 13.1 Å². The lowest BCUT2D eigenvalue weighted by Crippen LogP contribution is -2.38. The molecule has 0 spiro atoms. The maximum absolute atomic E-state index is 11.7. The van der Waals surface area contributed by atoms with Crippen LogP contribution in [0.3, 0.4) is 0 Å². The Bertz CT molecular complexity index is 352. The molecule has 0 unspecified atom stereocenters. The van der Waals surface area contributed by atoms with E-state index in [-0.39, 0.29) is 11.7 Å². The van der Waals surface area contributed by atoms with Crippen LogP contribution in [0.15, 0.2) is 24.7 Å². The lowest BCUT2D eigenvalue weighted by atomic mass is 10.1. The largest absolute Gasteiger partial charge is 0.338 e. The molecule has 1 aromatic heterocycles. The first-order chi connectivity index (χ1) is 7.77. The van der Waals surface area contributed by atoms with E-state index < -0.39 is 0 Å². The molecule has 0 aromatic carbocycles. The summed E-state index contributed by atoms with van der Waals surface area (Å²) < 4.78 is 3.88. The van der Waals surface area contributed by atoms with Gasteiger partial charge in [-0.15, -0.1) is 13.2 Å². The fourth-order valence-corrected chi connectivity index (χ4v) is 1.96. The first kappa shape index (κ1) is 12.6. The Kier molecular flexibility index (Phi) is 4.85. The number of carbonyl (C=O) groups excluding carboxylic acids is 2. The van der Waals surface area contributed by atoms with Gasteiger partial charge < -0.3 is 4.90 Å². The van der Waals surface area contributed by atoms with Gasteiger partial charge >= 0.3 is 0 Å². The Morgan fingerprint density at radius 1 is 1.38 bits per heavy atom. The second kappa shape index (κ2) is 6.17. The van der Waals surface area contributed by atoms with E-state index in [1.165, 1.54) is 11.5 Å². The number of rotatable bonds is 1. The number of nitrogens with zero attached hydrogens (tertiary/aromatic N) is 2. The number of aromatic nitrogens is 1. The molecule has 4 nitrogen and oxygen atoms in total. The number of hydrogen-bond donors (Lipinski definition) is 0. The van der Waals surface area contributed by atoms with Crippen molar-refractivity contribution in [3.8, 4) is 0 Å². The smallest absolute Gasteiger partial charge is 0.256 e. The van der Waals surface area contributed by atoms with Gasteiger partial charge in [-0.1, -0.05) is 0 Å². The van der Waals surface area contributed by atoms with E-state index in [0.29, 0.717) is 31.5 Å². The van der Waals surface area contributed by atoms with Crippen LogP contribution in [0.25, 0.3) is 0 Å². The topological polar surface area (TPSA) is 50.3 Å². The molecule has 2 heterocycles. The number of carbonyl (C=O) groups is 2.